The molecule has 0 unspecified atom stereocenters. The van der Waals surface area contributed by atoms with Gasteiger partial charge in [0.1, 0.15) is 11.6 Å². The van der Waals surface area contributed by atoms with Gasteiger partial charge in [0.05, 0.1) is 10.3 Å². The summed E-state index contributed by atoms with van der Waals surface area (Å²) in [5, 5.41) is 2.50. The normalized spacial score (nSPS) is 15.0. The molecule has 1 N–H and O–H groups in total. The first-order chi connectivity index (χ1) is 11.7. The number of carbonyl (C=O) groups is 1. The van der Waals surface area contributed by atoms with Crippen LogP contribution < -0.4 is 10.1 Å². The Morgan fingerprint density at radius 2 is 1.83 bits per heavy atom. The van der Waals surface area contributed by atoms with Crippen LogP contribution in [0.4, 0.5) is 10.1 Å². The van der Waals surface area contributed by atoms with E-state index in [0.29, 0.717) is 10.3 Å². The van der Waals surface area contributed by atoms with Gasteiger partial charge in [-0.25, -0.2) is 4.39 Å². The maximum absolute atomic E-state index is 13.5. The molecular weight excluding hydrogens is 345 g/mol. The highest BCUT2D eigenvalue weighted by molar-refractivity contribution is 8.16. The van der Waals surface area contributed by atoms with Crippen LogP contribution in [-0.4, -0.2) is 24.0 Å². The topological polar surface area (TPSA) is 38.3 Å². The average molecular weight is 363 g/mol. The largest absolute Gasteiger partial charge is 0.484 e. The fraction of sp³-hybridized carbons (Fsp3) is 0.278. The van der Waals surface area contributed by atoms with Crippen molar-refractivity contribution in [1.82, 2.24) is 0 Å². The summed E-state index contributed by atoms with van der Waals surface area (Å²) in [4.78, 5) is 11.8. The minimum absolute atomic E-state index is 0.152. The Kier molecular flexibility index (Phi) is 6.04. The summed E-state index contributed by atoms with van der Waals surface area (Å²) in [6.45, 7) is -0.152. The zero-order chi connectivity index (χ0) is 16.8. The number of thioether (sulfide) groups is 2. The van der Waals surface area contributed by atoms with Gasteiger partial charge in [-0.3, -0.25) is 4.79 Å². The van der Waals surface area contributed by atoms with Crippen molar-refractivity contribution in [1.29, 1.82) is 0 Å². The monoisotopic (exact) mass is 363 g/mol. The second kappa shape index (κ2) is 8.44. The molecule has 1 saturated heterocycles. The van der Waals surface area contributed by atoms with E-state index in [1.165, 1.54) is 35.6 Å². The molecule has 0 spiro atoms. The van der Waals surface area contributed by atoms with E-state index in [4.69, 9.17) is 4.74 Å². The van der Waals surface area contributed by atoms with Gasteiger partial charge in [0.2, 0.25) is 0 Å². The quantitative estimate of drug-likeness (QED) is 0.835. The highest BCUT2D eigenvalue weighted by Crippen LogP contribution is 2.43. The predicted octanol–water partition coefficient (Wildman–Crippen LogP) is 4.71. The second-order valence-corrected chi connectivity index (χ2v) is 8.04. The molecule has 2 aromatic carbocycles. The molecular formula is C18H18FNO2S2. The molecule has 1 heterocycles. The molecule has 1 aliphatic rings. The first-order valence-electron chi connectivity index (χ1n) is 7.73. The number of amides is 1. The molecule has 0 aliphatic carbocycles. The van der Waals surface area contributed by atoms with Crippen LogP contribution in [0.3, 0.4) is 0 Å². The lowest BCUT2D eigenvalue weighted by molar-refractivity contribution is -0.118. The van der Waals surface area contributed by atoms with E-state index in [1.807, 2.05) is 47.8 Å². The van der Waals surface area contributed by atoms with Crippen LogP contribution in [0, 0.1) is 5.82 Å². The molecule has 3 rings (SSSR count). The third-order valence-corrected chi connectivity index (χ3v) is 6.51. The highest BCUT2D eigenvalue weighted by Gasteiger charge is 2.16. The van der Waals surface area contributed by atoms with Crippen LogP contribution in [0.15, 0.2) is 48.5 Å². The predicted molar refractivity (Wildman–Crippen MR) is 99.2 cm³/mol. The van der Waals surface area contributed by atoms with E-state index < -0.39 is 5.82 Å². The van der Waals surface area contributed by atoms with Crippen molar-refractivity contribution in [3.63, 3.8) is 0 Å². The Balaban J connectivity index is 1.51. The number of benzene rings is 2. The van der Waals surface area contributed by atoms with Gasteiger partial charge in [-0.1, -0.05) is 24.3 Å². The summed E-state index contributed by atoms with van der Waals surface area (Å²) in [5.74, 6) is 2.19. The van der Waals surface area contributed by atoms with E-state index in [2.05, 4.69) is 5.32 Å². The summed E-state index contributed by atoms with van der Waals surface area (Å²) in [5.41, 5.74) is 1.43. The Bertz CT molecular complexity index is 688. The van der Waals surface area contributed by atoms with Crippen LogP contribution in [-0.2, 0) is 4.79 Å². The number of anilines is 1. The zero-order valence-electron chi connectivity index (χ0n) is 13.0. The van der Waals surface area contributed by atoms with Gasteiger partial charge < -0.3 is 10.1 Å². The molecule has 1 fully saturated rings. The SMILES string of the molecule is O=C(COc1ccc(C2SCCCS2)cc1)Nc1ccccc1F. The number of para-hydroxylation sites is 1. The number of hydrogen-bond acceptors (Lipinski definition) is 4. The summed E-state index contributed by atoms with van der Waals surface area (Å²) < 4.78 is 19.4. The lowest BCUT2D eigenvalue weighted by Crippen LogP contribution is -2.20. The van der Waals surface area contributed by atoms with Crippen molar-refractivity contribution in [2.75, 3.05) is 23.4 Å². The molecule has 1 aliphatic heterocycles. The lowest BCUT2D eigenvalue weighted by atomic mass is 10.2. The van der Waals surface area contributed by atoms with Crippen molar-refractivity contribution in [2.24, 2.45) is 0 Å². The molecule has 24 heavy (non-hydrogen) atoms. The van der Waals surface area contributed by atoms with Crippen molar-refractivity contribution in [3.8, 4) is 5.75 Å². The van der Waals surface area contributed by atoms with E-state index in [1.54, 1.807) is 12.1 Å². The molecule has 1 amide bonds. The van der Waals surface area contributed by atoms with Crippen LogP contribution >= 0.6 is 23.5 Å². The zero-order valence-corrected chi connectivity index (χ0v) is 14.7. The number of ether oxygens (including phenoxy) is 1. The molecule has 0 radical (unpaired) electrons. The van der Waals surface area contributed by atoms with Crippen molar-refractivity contribution >= 4 is 35.1 Å². The van der Waals surface area contributed by atoms with Gasteiger partial charge >= 0.3 is 0 Å². The second-order valence-electron chi connectivity index (χ2n) is 5.31. The molecule has 0 aromatic heterocycles. The first-order valence-corrected chi connectivity index (χ1v) is 9.82. The number of carbonyl (C=O) groups excluding carboxylic acids is 1. The van der Waals surface area contributed by atoms with Crippen molar-refractivity contribution < 1.29 is 13.9 Å². The van der Waals surface area contributed by atoms with E-state index in [-0.39, 0.29) is 18.2 Å². The fourth-order valence-corrected chi connectivity index (χ4v) is 5.19. The Morgan fingerprint density at radius 1 is 1.12 bits per heavy atom. The molecule has 126 valence electrons. The van der Waals surface area contributed by atoms with Crippen molar-refractivity contribution in [2.45, 2.75) is 11.0 Å². The third kappa shape index (κ3) is 4.68. The highest BCUT2D eigenvalue weighted by atomic mass is 32.2. The summed E-state index contributed by atoms with van der Waals surface area (Å²) in [7, 11) is 0. The molecule has 3 nitrogen and oxygen atoms in total. The first kappa shape index (κ1) is 17.2. The number of nitrogens with one attached hydrogen (secondary N) is 1. The fourth-order valence-electron chi connectivity index (χ4n) is 2.30. The Morgan fingerprint density at radius 3 is 2.54 bits per heavy atom. The van der Waals surface area contributed by atoms with Crippen molar-refractivity contribution in [3.05, 3.63) is 59.9 Å². The maximum Gasteiger partial charge on any atom is 0.262 e. The van der Waals surface area contributed by atoms with Gasteiger partial charge in [0.25, 0.3) is 5.91 Å². The average Bonchev–Trinajstić information content (AvgIpc) is 2.63. The standard InChI is InChI=1S/C18H18FNO2S2/c19-15-4-1-2-5-16(15)20-17(21)12-22-14-8-6-13(7-9-14)18-23-10-3-11-24-18/h1-2,4-9,18H,3,10-12H2,(H,20,21). The number of hydrogen-bond donors (Lipinski definition) is 1. The van der Waals surface area contributed by atoms with Crippen LogP contribution in [0.2, 0.25) is 0 Å². The van der Waals surface area contributed by atoms with E-state index in [0.717, 1.165) is 0 Å². The van der Waals surface area contributed by atoms with E-state index in [9.17, 15) is 9.18 Å². The molecule has 6 heteroatoms. The summed E-state index contributed by atoms with van der Waals surface area (Å²) >= 11 is 3.93. The minimum atomic E-state index is -0.460. The van der Waals surface area contributed by atoms with Gasteiger partial charge in [0, 0.05) is 0 Å². The van der Waals surface area contributed by atoms with Crippen LogP contribution in [0.25, 0.3) is 0 Å². The molecule has 2 aromatic rings. The molecule has 0 saturated carbocycles. The van der Waals surface area contributed by atoms with Gasteiger partial charge in [-0.15, -0.1) is 23.5 Å². The van der Waals surface area contributed by atoms with Gasteiger partial charge in [-0.2, -0.15) is 0 Å². The number of halogens is 1. The number of rotatable bonds is 5. The van der Waals surface area contributed by atoms with Crippen LogP contribution in [0.5, 0.6) is 5.75 Å². The maximum atomic E-state index is 13.5. The summed E-state index contributed by atoms with van der Waals surface area (Å²) in [6, 6.07) is 13.9. The third-order valence-electron chi connectivity index (χ3n) is 3.50. The molecule has 0 bridgehead atoms. The summed E-state index contributed by atoms with van der Waals surface area (Å²) in [6.07, 6.45) is 1.27. The van der Waals surface area contributed by atoms with Gasteiger partial charge in [0.15, 0.2) is 6.61 Å². The van der Waals surface area contributed by atoms with Gasteiger partial charge in [-0.05, 0) is 47.8 Å². The smallest absolute Gasteiger partial charge is 0.262 e. The minimum Gasteiger partial charge on any atom is -0.484 e. The van der Waals surface area contributed by atoms with E-state index >= 15 is 0 Å². The van der Waals surface area contributed by atoms with Crippen LogP contribution in [0.1, 0.15) is 16.6 Å². The lowest BCUT2D eigenvalue weighted by Gasteiger charge is -2.21. The Hall–Kier alpha value is -1.66. The Labute approximate surface area is 149 Å². The molecule has 0 atom stereocenters.